The molecule has 0 aromatic heterocycles. The highest BCUT2D eigenvalue weighted by molar-refractivity contribution is 7.89. The normalized spacial score (nSPS) is 26.5. The molecule has 116 valence electrons. The summed E-state index contributed by atoms with van der Waals surface area (Å²) in [7, 11) is -3.17. The predicted molar refractivity (Wildman–Crippen MR) is 77.0 cm³/mol. The molecule has 0 radical (unpaired) electrons. The highest BCUT2D eigenvalue weighted by atomic mass is 32.2. The number of carboxylic acids is 1. The molecule has 1 heterocycles. The van der Waals surface area contributed by atoms with Crippen LogP contribution in [0.15, 0.2) is 0 Å². The minimum absolute atomic E-state index is 0.141. The summed E-state index contributed by atoms with van der Waals surface area (Å²) in [6, 6.07) is 0. The number of rotatable bonds is 5. The van der Waals surface area contributed by atoms with Gasteiger partial charge in [0.15, 0.2) is 0 Å². The van der Waals surface area contributed by atoms with Crippen LogP contribution in [0, 0.1) is 5.92 Å². The van der Waals surface area contributed by atoms with E-state index in [2.05, 4.69) is 0 Å². The van der Waals surface area contributed by atoms with E-state index < -0.39 is 16.0 Å². The molecule has 1 atom stereocenters. The van der Waals surface area contributed by atoms with E-state index in [0.29, 0.717) is 19.5 Å². The molecule has 5 nitrogen and oxygen atoms in total. The Morgan fingerprint density at radius 1 is 1.10 bits per heavy atom. The van der Waals surface area contributed by atoms with Crippen LogP contribution in [0.2, 0.25) is 0 Å². The lowest BCUT2D eigenvalue weighted by Gasteiger charge is -2.35. The number of hydrogen-bond donors (Lipinski definition) is 1. The molecule has 0 aromatic rings. The molecule has 2 fully saturated rings. The fraction of sp³-hybridized carbons (Fsp3) is 0.929. The van der Waals surface area contributed by atoms with Crippen molar-refractivity contribution in [3.63, 3.8) is 0 Å². The van der Waals surface area contributed by atoms with Crippen LogP contribution < -0.4 is 0 Å². The highest BCUT2D eigenvalue weighted by Gasteiger charge is 2.35. The first-order valence-electron chi connectivity index (χ1n) is 7.71. The maximum absolute atomic E-state index is 12.6. The summed E-state index contributed by atoms with van der Waals surface area (Å²) in [4.78, 5) is 10.6. The van der Waals surface area contributed by atoms with Crippen LogP contribution in [0.25, 0.3) is 0 Å². The second kappa shape index (κ2) is 6.89. The third-order valence-corrected chi connectivity index (χ3v) is 6.95. The lowest BCUT2D eigenvalue weighted by Crippen LogP contribution is -2.45. The zero-order valence-corrected chi connectivity index (χ0v) is 12.8. The Hall–Kier alpha value is -0.620. The molecule has 0 amide bonds. The molecule has 0 bridgehead atoms. The molecule has 2 aliphatic rings. The molecule has 1 saturated heterocycles. The van der Waals surface area contributed by atoms with Crippen molar-refractivity contribution in [2.75, 3.05) is 13.1 Å². The summed E-state index contributed by atoms with van der Waals surface area (Å²) < 4.78 is 26.9. The topological polar surface area (TPSA) is 74.7 Å². The van der Waals surface area contributed by atoms with E-state index in [1.54, 1.807) is 4.31 Å². The van der Waals surface area contributed by atoms with Crippen molar-refractivity contribution in [1.29, 1.82) is 0 Å². The fourth-order valence-electron chi connectivity index (χ4n) is 3.40. The van der Waals surface area contributed by atoms with E-state index in [1.807, 2.05) is 0 Å². The number of carboxylic acid groups (broad SMARTS) is 1. The van der Waals surface area contributed by atoms with Gasteiger partial charge in [0.1, 0.15) is 0 Å². The smallest absolute Gasteiger partial charge is 0.303 e. The van der Waals surface area contributed by atoms with Crippen molar-refractivity contribution in [3.05, 3.63) is 0 Å². The second-order valence-corrected chi connectivity index (χ2v) is 8.32. The monoisotopic (exact) mass is 303 g/mol. The highest BCUT2D eigenvalue weighted by Crippen LogP contribution is 2.30. The Balaban J connectivity index is 1.94. The summed E-state index contributed by atoms with van der Waals surface area (Å²) in [6.07, 6.45) is 7.29. The zero-order valence-electron chi connectivity index (χ0n) is 12.0. The average molecular weight is 303 g/mol. The first kappa shape index (κ1) is 15.8. The maximum atomic E-state index is 12.6. The average Bonchev–Trinajstić information content (AvgIpc) is 2.46. The Morgan fingerprint density at radius 2 is 1.80 bits per heavy atom. The molecule has 20 heavy (non-hydrogen) atoms. The van der Waals surface area contributed by atoms with Gasteiger partial charge in [-0.15, -0.1) is 0 Å². The van der Waals surface area contributed by atoms with Crippen molar-refractivity contribution in [3.8, 4) is 0 Å². The summed E-state index contributed by atoms with van der Waals surface area (Å²) in [5, 5.41) is 8.54. The molecular formula is C14H25NO4S. The van der Waals surface area contributed by atoms with Crippen LogP contribution in [0.4, 0.5) is 0 Å². The van der Waals surface area contributed by atoms with E-state index in [9.17, 15) is 13.2 Å². The standard InChI is InChI=1S/C14H25NO4S/c16-14(17)9-8-12-5-4-10-15(11-12)20(18,19)13-6-2-1-3-7-13/h12-13H,1-11H2,(H,16,17). The van der Waals surface area contributed by atoms with Crippen LogP contribution in [0.1, 0.15) is 57.8 Å². The number of nitrogens with zero attached hydrogens (tertiary/aromatic N) is 1. The van der Waals surface area contributed by atoms with Gasteiger partial charge in [-0.05, 0) is 38.0 Å². The molecule has 1 aliphatic carbocycles. The summed E-state index contributed by atoms with van der Waals surface area (Å²) in [5.74, 6) is -0.588. The summed E-state index contributed by atoms with van der Waals surface area (Å²) in [5.41, 5.74) is 0. The van der Waals surface area contributed by atoms with Gasteiger partial charge in [-0.2, -0.15) is 0 Å². The van der Waals surface area contributed by atoms with E-state index in [1.165, 1.54) is 0 Å². The number of carbonyl (C=O) groups is 1. The maximum Gasteiger partial charge on any atom is 0.303 e. The minimum Gasteiger partial charge on any atom is -0.481 e. The molecule has 1 unspecified atom stereocenters. The van der Waals surface area contributed by atoms with Gasteiger partial charge in [-0.3, -0.25) is 4.79 Å². The minimum atomic E-state index is -3.17. The number of aliphatic carboxylic acids is 1. The van der Waals surface area contributed by atoms with Gasteiger partial charge in [-0.25, -0.2) is 12.7 Å². The Kier molecular flexibility index (Phi) is 5.43. The molecule has 1 aliphatic heterocycles. The van der Waals surface area contributed by atoms with Gasteiger partial charge in [-0.1, -0.05) is 19.3 Å². The van der Waals surface area contributed by atoms with Crippen molar-refractivity contribution < 1.29 is 18.3 Å². The molecule has 1 saturated carbocycles. The molecular weight excluding hydrogens is 278 g/mol. The fourth-order valence-corrected chi connectivity index (χ4v) is 5.55. The quantitative estimate of drug-likeness (QED) is 0.845. The third kappa shape index (κ3) is 3.95. The number of sulfonamides is 1. The Bertz CT molecular complexity index is 428. The van der Waals surface area contributed by atoms with Crippen LogP contribution in [0.3, 0.4) is 0 Å². The molecule has 0 spiro atoms. The van der Waals surface area contributed by atoms with Crippen molar-refractivity contribution >= 4 is 16.0 Å². The second-order valence-electron chi connectivity index (χ2n) is 6.10. The first-order valence-corrected chi connectivity index (χ1v) is 9.21. The zero-order chi connectivity index (χ0) is 14.6. The van der Waals surface area contributed by atoms with E-state index in [4.69, 9.17) is 5.11 Å². The van der Waals surface area contributed by atoms with E-state index in [0.717, 1.165) is 44.9 Å². The van der Waals surface area contributed by atoms with Gasteiger partial charge in [0.2, 0.25) is 10.0 Å². The van der Waals surface area contributed by atoms with Crippen molar-refractivity contribution in [2.45, 2.75) is 63.0 Å². The van der Waals surface area contributed by atoms with Crippen LogP contribution >= 0.6 is 0 Å². The Labute approximate surface area is 121 Å². The van der Waals surface area contributed by atoms with Gasteiger partial charge in [0.25, 0.3) is 0 Å². The van der Waals surface area contributed by atoms with Crippen LogP contribution in [-0.4, -0.2) is 42.1 Å². The molecule has 2 rings (SSSR count). The lowest BCUT2D eigenvalue weighted by atomic mass is 9.95. The van der Waals surface area contributed by atoms with Gasteiger partial charge < -0.3 is 5.11 Å². The first-order chi connectivity index (χ1) is 9.50. The lowest BCUT2D eigenvalue weighted by molar-refractivity contribution is -0.137. The number of piperidine rings is 1. The van der Waals surface area contributed by atoms with Crippen LogP contribution in [-0.2, 0) is 14.8 Å². The number of hydrogen-bond acceptors (Lipinski definition) is 3. The Morgan fingerprint density at radius 3 is 2.45 bits per heavy atom. The predicted octanol–water partition coefficient (Wildman–Crippen LogP) is 2.23. The van der Waals surface area contributed by atoms with Gasteiger partial charge in [0.05, 0.1) is 5.25 Å². The molecule has 0 aromatic carbocycles. The van der Waals surface area contributed by atoms with Crippen molar-refractivity contribution in [2.24, 2.45) is 5.92 Å². The van der Waals surface area contributed by atoms with E-state index in [-0.39, 0.29) is 17.6 Å². The largest absolute Gasteiger partial charge is 0.481 e. The van der Waals surface area contributed by atoms with Gasteiger partial charge in [0, 0.05) is 19.5 Å². The molecule has 1 N–H and O–H groups in total. The van der Waals surface area contributed by atoms with Crippen molar-refractivity contribution in [1.82, 2.24) is 4.31 Å². The van der Waals surface area contributed by atoms with E-state index >= 15 is 0 Å². The summed E-state index contributed by atoms with van der Waals surface area (Å²) >= 11 is 0. The summed E-state index contributed by atoms with van der Waals surface area (Å²) in [6.45, 7) is 1.13. The third-order valence-electron chi connectivity index (χ3n) is 4.58. The van der Waals surface area contributed by atoms with Crippen LogP contribution in [0.5, 0.6) is 0 Å². The molecule has 6 heteroatoms. The SMILES string of the molecule is O=C(O)CCC1CCCN(S(=O)(=O)C2CCCCC2)C1. The van der Waals surface area contributed by atoms with Gasteiger partial charge >= 0.3 is 5.97 Å².